The molecule has 3 rings (SSSR count). The maximum absolute atomic E-state index is 13.3. The number of nitrogens with zero attached hydrogens (tertiary/aromatic N) is 2. The molecule has 122 valence electrons. The summed E-state index contributed by atoms with van der Waals surface area (Å²) < 4.78 is 39.8. The fourth-order valence-electron chi connectivity index (χ4n) is 2.74. The van der Waals surface area contributed by atoms with Crippen molar-refractivity contribution in [1.82, 2.24) is 15.2 Å². The Morgan fingerprint density at radius 3 is 2.83 bits per heavy atom. The number of carbonyl (C=O) groups excluding carboxylic acids is 1. The third kappa shape index (κ3) is 3.37. The Labute approximate surface area is 135 Å². The molecule has 8 heteroatoms. The third-order valence-electron chi connectivity index (χ3n) is 3.72. The Hall–Kier alpha value is -1.93. The molecule has 0 radical (unpaired) electrons. The summed E-state index contributed by atoms with van der Waals surface area (Å²) in [5.41, 5.74) is 1.62. The lowest BCUT2D eigenvalue weighted by Crippen LogP contribution is -2.50. The minimum atomic E-state index is -4.50. The van der Waals surface area contributed by atoms with E-state index in [1.807, 2.05) is 5.38 Å². The number of alkyl halides is 3. The van der Waals surface area contributed by atoms with E-state index in [2.05, 4.69) is 10.3 Å². The summed E-state index contributed by atoms with van der Waals surface area (Å²) in [5.74, 6) is -0.414. The van der Waals surface area contributed by atoms with Crippen LogP contribution in [0, 0.1) is 0 Å². The Morgan fingerprint density at radius 2 is 2.13 bits per heavy atom. The van der Waals surface area contributed by atoms with Crippen LogP contribution in [0.25, 0.3) is 0 Å². The highest BCUT2D eigenvalue weighted by Crippen LogP contribution is 2.37. The molecule has 2 aromatic rings. The number of rotatable bonds is 3. The lowest BCUT2D eigenvalue weighted by molar-refractivity contribution is -0.140. The molecule has 1 fully saturated rings. The SMILES string of the molecule is O=C1NCCN(Cc2cscn2)[C@H]1c1ccccc1C(F)(F)F. The summed E-state index contributed by atoms with van der Waals surface area (Å²) in [6.45, 7) is 1.22. The van der Waals surface area contributed by atoms with Gasteiger partial charge in [0.15, 0.2) is 0 Å². The topological polar surface area (TPSA) is 45.2 Å². The molecule has 0 unspecified atom stereocenters. The monoisotopic (exact) mass is 341 g/mol. The quantitative estimate of drug-likeness (QED) is 0.934. The van der Waals surface area contributed by atoms with E-state index >= 15 is 0 Å². The second kappa shape index (κ2) is 6.29. The van der Waals surface area contributed by atoms with E-state index in [1.165, 1.54) is 29.5 Å². The van der Waals surface area contributed by atoms with Crippen LogP contribution in [-0.4, -0.2) is 28.9 Å². The van der Waals surface area contributed by atoms with E-state index in [0.717, 1.165) is 11.8 Å². The highest BCUT2D eigenvalue weighted by molar-refractivity contribution is 7.07. The van der Waals surface area contributed by atoms with Crippen LogP contribution in [0.4, 0.5) is 13.2 Å². The molecule has 1 aromatic carbocycles. The van der Waals surface area contributed by atoms with Gasteiger partial charge in [0, 0.05) is 25.0 Å². The molecule has 1 N–H and O–H groups in total. The molecule has 0 bridgehead atoms. The average molecular weight is 341 g/mol. The third-order valence-corrected chi connectivity index (χ3v) is 4.36. The number of hydrogen-bond donors (Lipinski definition) is 1. The van der Waals surface area contributed by atoms with E-state index in [-0.39, 0.29) is 5.56 Å². The van der Waals surface area contributed by atoms with Crippen LogP contribution in [0.5, 0.6) is 0 Å². The van der Waals surface area contributed by atoms with Gasteiger partial charge < -0.3 is 5.32 Å². The van der Waals surface area contributed by atoms with Crippen LogP contribution >= 0.6 is 11.3 Å². The maximum Gasteiger partial charge on any atom is 0.416 e. The first-order chi connectivity index (χ1) is 11.0. The second-order valence-electron chi connectivity index (χ2n) is 5.23. The normalized spacial score (nSPS) is 19.6. The molecule has 1 aliphatic rings. The van der Waals surface area contributed by atoms with Crippen LogP contribution in [0.1, 0.15) is 22.9 Å². The highest BCUT2D eigenvalue weighted by atomic mass is 32.1. The van der Waals surface area contributed by atoms with Crippen molar-refractivity contribution in [3.8, 4) is 0 Å². The molecule has 1 aliphatic heterocycles. The Morgan fingerprint density at radius 1 is 1.35 bits per heavy atom. The lowest BCUT2D eigenvalue weighted by Gasteiger charge is -2.35. The van der Waals surface area contributed by atoms with Crippen molar-refractivity contribution in [2.24, 2.45) is 0 Å². The van der Waals surface area contributed by atoms with Crippen molar-refractivity contribution < 1.29 is 18.0 Å². The van der Waals surface area contributed by atoms with Gasteiger partial charge in [-0.15, -0.1) is 11.3 Å². The van der Waals surface area contributed by atoms with Crippen LogP contribution in [0.2, 0.25) is 0 Å². The first kappa shape index (κ1) is 15.9. The summed E-state index contributed by atoms with van der Waals surface area (Å²) in [4.78, 5) is 18.2. The number of halogens is 3. The fourth-order valence-corrected chi connectivity index (χ4v) is 3.29. The molecule has 1 amide bonds. The zero-order chi connectivity index (χ0) is 16.4. The highest BCUT2D eigenvalue weighted by Gasteiger charge is 2.40. The van der Waals surface area contributed by atoms with Gasteiger partial charge in [-0.2, -0.15) is 13.2 Å². The van der Waals surface area contributed by atoms with Crippen molar-refractivity contribution >= 4 is 17.2 Å². The Bertz CT molecular complexity index is 688. The molecular formula is C15H14F3N3OS. The first-order valence-electron chi connectivity index (χ1n) is 7.02. The molecular weight excluding hydrogens is 327 g/mol. The minimum absolute atomic E-state index is 0.0209. The number of benzene rings is 1. The Kier molecular flexibility index (Phi) is 4.36. The predicted molar refractivity (Wildman–Crippen MR) is 79.7 cm³/mol. The minimum Gasteiger partial charge on any atom is -0.353 e. The molecule has 1 saturated heterocycles. The van der Waals surface area contributed by atoms with Crippen molar-refractivity contribution in [2.45, 2.75) is 18.8 Å². The summed E-state index contributed by atoms with van der Waals surface area (Å²) in [5, 5.41) is 4.49. The smallest absolute Gasteiger partial charge is 0.353 e. The lowest BCUT2D eigenvalue weighted by atomic mass is 9.96. The van der Waals surface area contributed by atoms with Gasteiger partial charge in [0.25, 0.3) is 0 Å². The van der Waals surface area contributed by atoms with E-state index in [0.29, 0.717) is 19.6 Å². The molecule has 1 aromatic heterocycles. The summed E-state index contributed by atoms with van der Waals surface area (Å²) in [6.07, 6.45) is -4.50. The van der Waals surface area contributed by atoms with Crippen molar-refractivity contribution in [2.75, 3.05) is 13.1 Å². The van der Waals surface area contributed by atoms with Crippen molar-refractivity contribution in [1.29, 1.82) is 0 Å². The zero-order valence-electron chi connectivity index (χ0n) is 12.0. The van der Waals surface area contributed by atoms with Crippen LogP contribution < -0.4 is 5.32 Å². The molecule has 0 spiro atoms. The number of hydrogen-bond acceptors (Lipinski definition) is 4. The van der Waals surface area contributed by atoms with E-state index < -0.39 is 23.7 Å². The largest absolute Gasteiger partial charge is 0.416 e. The Balaban J connectivity index is 1.98. The molecule has 0 saturated carbocycles. The number of carbonyl (C=O) groups is 1. The number of aromatic nitrogens is 1. The van der Waals surface area contributed by atoms with Gasteiger partial charge >= 0.3 is 6.18 Å². The summed E-state index contributed by atoms with van der Waals surface area (Å²) in [6, 6.07) is 4.26. The van der Waals surface area contributed by atoms with Gasteiger partial charge in [0.05, 0.1) is 16.8 Å². The van der Waals surface area contributed by atoms with E-state index in [9.17, 15) is 18.0 Å². The van der Waals surface area contributed by atoms with Crippen LogP contribution in [0.3, 0.4) is 0 Å². The maximum atomic E-state index is 13.3. The zero-order valence-corrected chi connectivity index (χ0v) is 12.8. The molecule has 23 heavy (non-hydrogen) atoms. The van der Waals surface area contributed by atoms with Gasteiger partial charge in [-0.05, 0) is 11.6 Å². The van der Waals surface area contributed by atoms with Gasteiger partial charge in [0.2, 0.25) is 5.91 Å². The average Bonchev–Trinajstić information content (AvgIpc) is 3.00. The van der Waals surface area contributed by atoms with Crippen molar-refractivity contribution in [3.63, 3.8) is 0 Å². The predicted octanol–water partition coefficient (Wildman–Crippen LogP) is 2.84. The van der Waals surface area contributed by atoms with E-state index in [4.69, 9.17) is 0 Å². The van der Waals surface area contributed by atoms with Gasteiger partial charge in [-0.3, -0.25) is 9.69 Å². The standard InChI is InChI=1S/C15H14F3N3OS/c16-15(17,18)12-4-2-1-3-11(12)13-14(22)19-5-6-21(13)7-10-8-23-9-20-10/h1-4,8-9,13H,5-7H2,(H,19,22)/t13-/m0/s1. The van der Waals surface area contributed by atoms with Gasteiger partial charge in [0.1, 0.15) is 6.04 Å². The number of nitrogens with one attached hydrogen (secondary N) is 1. The van der Waals surface area contributed by atoms with Crippen molar-refractivity contribution in [3.05, 3.63) is 52.0 Å². The summed E-state index contributed by atoms with van der Waals surface area (Å²) >= 11 is 1.42. The molecule has 0 aliphatic carbocycles. The first-order valence-corrected chi connectivity index (χ1v) is 7.96. The second-order valence-corrected chi connectivity index (χ2v) is 5.95. The molecule has 2 heterocycles. The van der Waals surface area contributed by atoms with Crippen LogP contribution in [0.15, 0.2) is 35.2 Å². The number of amides is 1. The number of thiazole rings is 1. The van der Waals surface area contributed by atoms with E-state index in [1.54, 1.807) is 10.4 Å². The fraction of sp³-hybridized carbons (Fsp3) is 0.333. The van der Waals surface area contributed by atoms with Gasteiger partial charge in [-0.25, -0.2) is 4.98 Å². The molecule has 1 atom stereocenters. The summed E-state index contributed by atoms with van der Waals surface area (Å²) in [7, 11) is 0. The van der Waals surface area contributed by atoms with Gasteiger partial charge in [-0.1, -0.05) is 18.2 Å². The molecule has 4 nitrogen and oxygen atoms in total. The van der Waals surface area contributed by atoms with Crippen LogP contribution in [-0.2, 0) is 17.5 Å². The number of piperazine rings is 1.